The molecule has 1 aliphatic rings. The van der Waals surface area contributed by atoms with Crippen LogP contribution >= 0.6 is 15.9 Å². The van der Waals surface area contributed by atoms with Gasteiger partial charge >= 0.3 is 5.97 Å². The van der Waals surface area contributed by atoms with Gasteiger partial charge in [0.05, 0.1) is 29.2 Å². The molecule has 6 rings (SSSR count). The largest absolute Gasteiger partial charge is 0.489 e. The van der Waals surface area contributed by atoms with Gasteiger partial charge in [-0.2, -0.15) is 0 Å². The van der Waals surface area contributed by atoms with Crippen molar-refractivity contribution in [2.24, 2.45) is 0 Å². The molecule has 0 aliphatic carbocycles. The van der Waals surface area contributed by atoms with E-state index < -0.39 is 17.9 Å². The number of hydrogen-bond acceptors (Lipinski definition) is 6. The molecule has 1 unspecified atom stereocenters. The summed E-state index contributed by atoms with van der Waals surface area (Å²) in [6.45, 7) is 2.36. The highest BCUT2D eigenvalue weighted by Crippen LogP contribution is 2.42. The Morgan fingerprint density at radius 3 is 2.46 bits per heavy atom. The van der Waals surface area contributed by atoms with Crippen LogP contribution < -0.4 is 15.1 Å². The van der Waals surface area contributed by atoms with Gasteiger partial charge in [0.1, 0.15) is 17.9 Å². The molecule has 7 nitrogen and oxygen atoms in total. The Morgan fingerprint density at radius 1 is 0.927 bits per heavy atom. The van der Waals surface area contributed by atoms with Crippen molar-refractivity contribution in [3.8, 4) is 5.75 Å². The third-order valence-electron chi connectivity index (χ3n) is 6.91. The monoisotopic (exact) mass is 609 g/mol. The van der Waals surface area contributed by atoms with Crippen LogP contribution in [0.4, 0.5) is 5.69 Å². The maximum atomic E-state index is 13.9. The first-order chi connectivity index (χ1) is 19.9. The molecule has 0 fully saturated rings. The van der Waals surface area contributed by atoms with Gasteiger partial charge in [0.15, 0.2) is 5.43 Å². The molecule has 0 bridgehead atoms. The SMILES string of the molecule is CCOC(=O)c1ccc(N2C(=O)c3oc4ccc(Br)cc4c(=O)c3C2c2cccc(OCc3ccccc3)c2)cc1. The fourth-order valence-corrected chi connectivity index (χ4v) is 5.38. The van der Waals surface area contributed by atoms with E-state index in [1.54, 1.807) is 49.4 Å². The number of fused-ring (bicyclic) bond motifs is 2. The average Bonchev–Trinajstić information content (AvgIpc) is 3.29. The molecule has 204 valence electrons. The van der Waals surface area contributed by atoms with Gasteiger partial charge in [0.25, 0.3) is 5.91 Å². The quantitative estimate of drug-likeness (QED) is 0.184. The summed E-state index contributed by atoms with van der Waals surface area (Å²) in [5.41, 5.74) is 2.83. The maximum absolute atomic E-state index is 13.9. The predicted molar refractivity (Wildman–Crippen MR) is 158 cm³/mol. The summed E-state index contributed by atoms with van der Waals surface area (Å²) in [4.78, 5) is 41.6. The van der Waals surface area contributed by atoms with E-state index in [1.165, 1.54) is 4.90 Å². The third kappa shape index (κ3) is 5.02. The molecular formula is C33H24BrNO6. The minimum absolute atomic E-state index is 0.0140. The van der Waals surface area contributed by atoms with Crippen molar-refractivity contribution in [2.75, 3.05) is 11.5 Å². The summed E-state index contributed by atoms with van der Waals surface area (Å²) in [5.74, 6) is -0.326. The van der Waals surface area contributed by atoms with Crippen LogP contribution in [0.15, 0.2) is 111 Å². The summed E-state index contributed by atoms with van der Waals surface area (Å²) < 4.78 is 18.0. The first-order valence-electron chi connectivity index (χ1n) is 13.1. The second-order valence-electron chi connectivity index (χ2n) is 9.51. The molecule has 0 radical (unpaired) electrons. The Morgan fingerprint density at radius 2 is 1.71 bits per heavy atom. The number of amides is 1. The Labute approximate surface area is 244 Å². The van der Waals surface area contributed by atoms with Gasteiger partial charge in [-0.15, -0.1) is 0 Å². The van der Waals surface area contributed by atoms with E-state index in [4.69, 9.17) is 13.9 Å². The van der Waals surface area contributed by atoms with E-state index in [9.17, 15) is 14.4 Å². The Bertz CT molecular complexity index is 1830. The summed E-state index contributed by atoms with van der Waals surface area (Å²) in [5, 5.41) is 0.368. The molecule has 8 heteroatoms. The van der Waals surface area contributed by atoms with Crippen LogP contribution in [0.3, 0.4) is 0 Å². The van der Waals surface area contributed by atoms with Gasteiger partial charge in [-0.25, -0.2) is 4.79 Å². The molecular weight excluding hydrogens is 586 g/mol. The first kappa shape index (κ1) is 26.5. The summed E-state index contributed by atoms with van der Waals surface area (Å²) in [6, 6.07) is 28.0. The number of carbonyl (C=O) groups is 2. The average molecular weight is 610 g/mol. The minimum atomic E-state index is -0.786. The minimum Gasteiger partial charge on any atom is -0.489 e. The highest BCUT2D eigenvalue weighted by molar-refractivity contribution is 9.10. The summed E-state index contributed by atoms with van der Waals surface area (Å²) in [6.07, 6.45) is 0. The van der Waals surface area contributed by atoms with Gasteiger partial charge in [0.2, 0.25) is 5.76 Å². The Balaban J connectivity index is 1.46. The van der Waals surface area contributed by atoms with Crippen molar-refractivity contribution >= 4 is 44.5 Å². The second kappa shape index (κ2) is 11.1. The number of esters is 1. The number of rotatable bonds is 7. The standard InChI is InChI=1S/C33H24BrNO6/c1-2-39-33(38)21-11-14-24(15-12-21)35-29(22-9-6-10-25(17-22)40-19-20-7-4-3-5-8-20)28-30(36)26-18-23(34)13-16-27(26)41-31(28)32(35)37/h3-18,29H,2,19H2,1H3. The van der Waals surface area contributed by atoms with Crippen LogP contribution in [-0.4, -0.2) is 18.5 Å². The zero-order valence-electron chi connectivity index (χ0n) is 22.0. The van der Waals surface area contributed by atoms with E-state index in [2.05, 4.69) is 15.9 Å². The van der Waals surface area contributed by atoms with E-state index in [0.29, 0.717) is 40.1 Å². The van der Waals surface area contributed by atoms with Gasteiger partial charge in [-0.05, 0) is 72.6 Å². The zero-order valence-corrected chi connectivity index (χ0v) is 23.6. The topological polar surface area (TPSA) is 86.0 Å². The normalized spacial score (nSPS) is 14.2. The van der Waals surface area contributed by atoms with Crippen molar-refractivity contribution < 1.29 is 23.5 Å². The lowest BCUT2D eigenvalue weighted by Gasteiger charge is -2.25. The van der Waals surface area contributed by atoms with Gasteiger partial charge in [-0.1, -0.05) is 58.4 Å². The van der Waals surface area contributed by atoms with Crippen LogP contribution in [-0.2, 0) is 11.3 Å². The van der Waals surface area contributed by atoms with Gasteiger partial charge in [-0.3, -0.25) is 14.5 Å². The zero-order chi connectivity index (χ0) is 28.5. The fraction of sp³-hybridized carbons (Fsp3) is 0.121. The Hall–Kier alpha value is -4.69. The lowest BCUT2D eigenvalue weighted by atomic mass is 9.98. The molecule has 0 saturated heterocycles. The van der Waals surface area contributed by atoms with Crippen molar-refractivity contribution in [3.63, 3.8) is 0 Å². The highest BCUT2D eigenvalue weighted by Gasteiger charge is 2.43. The third-order valence-corrected chi connectivity index (χ3v) is 7.40. The molecule has 0 spiro atoms. The lowest BCUT2D eigenvalue weighted by molar-refractivity contribution is 0.0526. The molecule has 0 saturated carbocycles. The number of ether oxygens (including phenoxy) is 2. The second-order valence-corrected chi connectivity index (χ2v) is 10.4. The van der Waals surface area contributed by atoms with Crippen LogP contribution in [0.5, 0.6) is 5.75 Å². The van der Waals surface area contributed by atoms with Crippen LogP contribution in [0, 0.1) is 0 Å². The number of carbonyl (C=O) groups excluding carboxylic acids is 2. The van der Waals surface area contributed by atoms with Crippen LogP contribution in [0.1, 0.15) is 50.6 Å². The summed E-state index contributed by atoms with van der Waals surface area (Å²) >= 11 is 3.43. The van der Waals surface area contributed by atoms with Crippen molar-refractivity contribution in [3.05, 3.63) is 140 Å². The van der Waals surface area contributed by atoms with E-state index >= 15 is 0 Å². The molecule has 1 aliphatic heterocycles. The number of nitrogens with zero attached hydrogens (tertiary/aromatic N) is 1. The van der Waals surface area contributed by atoms with Crippen molar-refractivity contribution in [1.82, 2.24) is 0 Å². The molecule has 2 heterocycles. The van der Waals surface area contributed by atoms with Gasteiger partial charge in [0, 0.05) is 10.2 Å². The van der Waals surface area contributed by atoms with E-state index in [1.807, 2.05) is 54.6 Å². The van der Waals surface area contributed by atoms with Crippen LogP contribution in [0.25, 0.3) is 11.0 Å². The smallest absolute Gasteiger partial charge is 0.338 e. The molecule has 5 aromatic rings. The van der Waals surface area contributed by atoms with E-state index in [0.717, 1.165) is 10.0 Å². The number of halogens is 1. The fourth-order valence-electron chi connectivity index (χ4n) is 5.01. The molecule has 41 heavy (non-hydrogen) atoms. The summed E-state index contributed by atoms with van der Waals surface area (Å²) in [7, 11) is 0. The number of hydrogen-bond donors (Lipinski definition) is 0. The van der Waals surface area contributed by atoms with Gasteiger partial charge < -0.3 is 13.9 Å². The van der Waals surface area contributed by atoms with Crippen LogP contribution in [0.2, 0.25) is 0 Å². The van der Waals surface area contributed by atoms with Crippen molar-refractivity contribution in [1.29, 1.82) is 0 Å². The number of benzene rings is 4. The number of anilines is 1. The predicted octanol–water partition coefficient (Wildman–Crippen LogP) is 7.06. The highest BCUT2D eigenvalue weighted by atomic mass is 79.9. The molecule has 1 amide bonds. The maximum Gasteiger partial charge on any atom is 0.338 e. The molecule has 0 N–H and O–H groups in total. The lowest BCUT2D eigenvalue weighted by Crippen LogP contribution is -2.29. The first-order valence-corrected chi connectivity index (χ1v) is 13.9. The molecule has 1 atom stereocenters. The molecule has 4 aromatic carbocycles. The van der Waals surface area contributed by atoms with E-state index in [-0.39, 0.29) is 23.4 Å². The molecule has 1 aromatic heterocycles. The van der Waals surface area contributed by atoms with Crippen molar-refractivity contribution in [2.45, 2.75) is 19.6 Å². The Kier molecular flexibility index (Phi) is 7.15.